The van der Waals surface area contributed by atoms with E-state index in [-0.39, 0.29) is 54.2 Å². The Hall–Kier alpha value is -4.00. The summed E-state index contributed by atoms with van der Waals surface area (Å²) in [6.07, 6.45) is 3.90. The van der Waals surface area contributed by atoms with Crippen molar-refractivity contribution in [1.82, 2.24) is 24.8 Å². The first-order chi connectivity index (χ1) is 20.0. The first kappa shape index (κ1) is 29.5. The van der Waals surface area contributed by atoms with Crippen LogP contribution >= 0.6 is 0 Å². The maximum Gasteiger partial charge on any atom is 0.274 e. The molecule has 1 fully saturated rings. The Labute approximate surface area is 242 Å². The van der Waals surface area contributed by atoms with Gasteiger partial charge in [0.2, 0.25) is 11.2 Å². The van der Waals surface area contributed by atoms with Gasteiger partial charge in [0.05, 0.1) is 6.61 Å². The number of carbonyl (C=O) groups is 2. The zero-order valence-corrected chi connectivity index (χ0v) is 24.4. The van der Waals surface area contributed by atoms with Gasteiger partial charge in [0.1, 0.15) is 23.2 Å². The summed E-state index contributed by atoms with van der Waals surface area (Å²) in [5.74, 6) is -2.30. The number of amidine groups is 1. The SMILES string of the molecule is CCCCOc1c2n(cc(C(=O)NCc3ccc(F)cc3F)c1=O)[C@@H]1CN(C2=O)[C@@H](C)CCC12ON=C(C)N2N(C)C. The molecule has 11 nitrogen and oxygen atoms in total. The highest BCUT2D eigenvalue weighted by molar-refractivity contribution is 5.99. The van der Waals surface area contributed by atoms with Crippen molar-refractivity contribution >= 4 is 17.6 Å². The molecule has 3 aliphatic heterocycles. The van der Waals surface area contributed by atoms with E-state index in [2.05, 4.69) is 10.5 Å². The number of hydrogen-bond acceptors (Lipinski definition) is 8. The number of nitrogens with zero attached hydrogens (tertiary/aromatic N) is 5. The summed E-state index contributed by atoms with van der Waals surface area (Å²) in [4.78, 5) is 49.1. The molecule has 0 aliphatic carbocycles. The van der Waals surface area contributed by atoms with E-state index in [4.69, 9.17) is 9.57 Å². The van der Waals surface area contributed by atoms with E-state index >= 15 is 0 Å². The summed E-state index contributed by atoms with van der Waals surface area (Å²) >= 11 is 0. The first-order valence-corrected chi connectivity index (χ1v) is 14.2. The Kier molecular flexibility index (Phi) is 7.97. The predicted molar refractivity (Wildman–Crippen MR) is 150 cm³/mol. The fraction of sp³-hybridized carbons (Fsp3) is 0.517. The van der Waals surface area contributed by atoms with Crippen LogP contribution in [-0.4, -0.2) is 76.1 Å². The molecule has 1 spiro atoms. The second kappa shape index (κ2) is 11.3. The zero-order valence-electron chi connectivity index (χ0n) is 24.4. The molecule has 3 atom stereocenters. The number of oxime groups is 1. The van der Waals surface area contributed by atoms with Gasteiger partial charge in [0, 0.05) is 57.5 Å². The fourth-order valence-corrected chi connectivity index (χ4v) is 6.06. The third kappa shape index (κ3) is 4.89. The Morgan fingerprint density at radius 1 is 1.29 bits per heavy atom. The van der Waals surface area contributed by atoms with Crippen LogP contribution in [0.15, 0.2) is 34.3 Å². The van der Waals surface area contributed by atoms with Gasteiger partial charge in [-0.15, -0.1) is 0 Å². The van der Waals surface area contributed by atoms with E-state index in [0.29, 0.717) is 25.1 Å². The van der Waals surface area contributed by atoms with E-state index in [1.54, 1.807) is 9.47 Å². The van der Waals surface area contributed by atoms with Crippen LogP contribution in [0.1, 0.15) is 78.9 Å². The highest BCUT2D eigenvalue weighted by atomic mass is 19.1. The normalized spacial score (nSPS) is 23.0. The van der Waals surface area contributed by atoms with Gasteiger partial charge in [-0.05, 0) is 32.8 Å². The van der Waals surface area contributed by atoms with E-state index in [1.807, 2.05) is 44.9 Å². The van der Waals surface area contributed by atoms with E-state index < -0.39 is 34.7 Å². The van der Waals surface area contributed by atoms with Crippen molar-refractivity contribution in [3.8, 4) is 5.75 Å². The van der Waals surface area contributed by atoms with Gasteiger partial charge < -0.3 is 24.4 Å². The van der Waals surface area contributed by atoms with Crippen molar-refractivity contribution in [3.63, 3.8) is 0 Å². The Morgan fingerprint density at radius 3 is 2.74 bits per heavy atom. The van der Waals surface area contributed by atoms with E-state index in [0.717, 1.165) is 18.6 Å². The standard InChI is InChI=1S/C29H36F2N6O5/c1-6-7-12-41-26-24-28(40)35-16-23(29(11-10-17(35)2)37(34(4)5)18(3)33-42-29)36(24)15-21(25(26)38)27(39)32-14-19-8-9-20(30)13-22(19)31/h8-9,13,15,17,23H,6-7,10-12,14,16H2,1-5H3,(H,32,39)/t17-,23+,29?/m0/s1. The lowest BCUT2D eigenvalue weighted by atomic mass is 9.95. The molecule has 5 rings (SSSR count). The van der Waals surface area contributed by atoms with Crippen LogP contribution in [0.4, 0.5) is 8.78 Å². The van der Waals surface area contributed by atoms with Crippen molar-refractivity contribution < 1.29 is 27.9 Å². The number of rotatable bonds is 8. The summed E-state index contributed by atoms with van der Waals surface area (Å²) in [6, 6.07) is 2.30. The molecule has 1 saturated heterocycles. The second-order valence-corrected chi connectivity index (χ2v) is 11.2. The van der Waals surface area contributed by atoms with Crippen molar-refractivity contribution in [2.24, 2.45) is 5.16 Å². The molecule has 0 saturated carbocycles. The number of fused-ring (bicyclic) bond motifs is 5. The van der Waals surface area contributed by atoms with Crippen molar-refractivity contribution in [3.05, 3.63) is 63.1 Å². The van der Waals surface area contributed by atoms with Gasteiger partial charge >= 0.3 is 0 Å². The number of hydrogen-bond donors (Lipinski definition) is 1. The van der Waals surface area contributed by atoms with Gasteiger partial charge in [-0.25, -0.2) is 18.8 Å². The molecule has 1 N–H and O–H groups in total. The van der Waals surface area contributed by atoms with Crippen molar-refractivity contribution in [2.45, 2.75) is 70.8 Å². The minimum Gasteiger partial charge on any atom is -0.487 e. The number of carbonyl (C=O) groups excluding carboxylic acids is 2. The van der Waals surface area contributed by atoms with Gasteiger partial charge in [-0.2, -0.15) is 0 Å². The van der Waals surface area contributed by atoms with Crippen LogP contribution in [0.3, 0.4) is 0 Å². The second-order valence-electron chi connectivity index (χ2n) is 11.2. The molecule has 42 heavy (non-hydrogen) atoms. The quantitative estimate of drug-likeness (QED) is 0.473. The maximum absolute atomic E-state index is 14.2. The molecule has 2 amide bonds. The van der Waals surface area contributed by atoms with Gasteiger partial charge in [-0.1, -0.05) is 24.6 Å². The smallest absolute Gasteiger partial charge is 0.274 e. The number of hydrazine groups is 1. The van der Waals surface area contributed by atoms with Crippen LogP contribution in [0.5, 0.6) is 5.75 Å². The number of pyridine rings is 1. The van der Waals surface area contributed by atoms with Crippen LogP contribution in [-0.2, 0) is 11.4 Å². The summed E-state index contributed by atoms with van der Waals surface area (Å²) in [6.45, 7) is 5.90. The molecular weight excluding hydrogens is 550 g/mol. The third-order valence-corrected chi connectivity index (χ3v) is 8.18. The van der Waals surface area contributed by atoms with Gasteiger partial charge in [0.25, 0.3) is 11.8 Å². The largest absolute Gasteiger partial charge is 0.487 e. The molecule has 226 valence electrons. The molecule has 1 aromatic carbocycles. The zero-order chi connectivity index (χ0) is 30.3. The molecule has 3 aliphatic rings. The fourth-order valence-electron chi connectivity index (χ4n) is 6.06. The predicted octanol–water partition coefficient (Wildman–Crippen LogP) is 3.25. The van der Waals surface area contributed by atoms with Crippen LogP contribution < -0.4 is 15.5 Å². The van der Waals surface area contributed by atoms with Crippen LogP contribution in [0.25, 0.3) is 0 Å². The first-order valence-electron chi connectivity index (χ1n) is 14.2. The van der Waals surface area contributed by atoms with Crippen LogP contribution in [0.2, 0.25) is 0 Å². The molecule has 2 bridgehead atoms. The number of amides is 2. The lowest BCUT2D eigenvalue weighted by molar-refractivity contribution is -0.191. The number of benzene rings is 1. The Bertz CT molecular complexity index is 1490. The average molecular weight is 587 g/mol. The van der Waals surface area contributed by atoms with E-state index in [9.17, 15) is 23.2 Å². The molecule has 1 aromatic heterocycles. The number of halogens is 2. The van der Waals surface area contributed by atoms with Crippen molar-refractivity contribution in [1.29, 1.82) is 0 Å². The monoisotopic (exact) mass is 586 g/mol. The number of nitrogens with one attached hydrogen (secondary N) is 1. The maximum atomic E-state index is 14.2. The average Bonchev–Trinajstić information content (AvgIpc) is 3.22. The lowest BCUT2D eigenvalue weighted by Gasteiger charge is -2.47. The molecule has 4 heterocycles. The Balaban J connectivity index is 1.64. The summed E-state index contributed by atoms with van der Waals surface area (Å²) in [7, 11) is 3.74. The van der Waals surface area contributed by atoms with Crippen LogP contribution in [0, 0.1) is 11.6 Å². The highest BCUT2D eigenvalue weighted by Crippen LogP contribution is 2.46. The molecule has 2 aromatic rings. The minimum absolute atomic E-state index is 0.0495. The number of unbranched alkanes of at least 4 members (excludes halogenated alkanes) is 1. The van der Waals surface area contributed by atoms with Gasteiger partial charge in [-0.3, -0.25) is 14.4 Å². The topological polar surface area (TPSA) is 109 Å². The van der Waals surface area contributed by atoms with Crippen molar-refractivity contribution in [2.75, 3.05) is 27.2 Å². The summed E-state index contributed by atoms with van der Waals surface area (Å²) in [5.41, 5.74) is -1.96. The number of ether oxygens (including phenoxy) is 1. The molecule has 1 unspecified atom stereocenters. The Morgan fingerprint density at radius 2 is 2.05 bits per heavy atom. The molecule has 0 radical (unpaired) electrons. The lowest BCUT2D eigenvalue weighted by Crippen LogP contribution is -2.61. The van der Waals surface area contributed by atoms with E-state index in [1.165, 1.54) is 12.3 Å². The minimum atomic E-state index is -1.05. The summed E-state index contributed by atoms with van der Waals surface area (Å²) < 4.78 is 35.2. The van der Waals surface area contributed by atoms with Gasteiger partial charge in [0.15, 0.2) is 17.3 Å². The third-order valence-electron chi connectivity index (χ3n) is 8.18. The highest BCUT2D eigenvalue weighted by Gasteiger charge is 2.58. The summed E-state index contributed by atoms with van der Waals surface area (Å²) in [5, 5.41) is 10.7. The molecular formula is C29H36F2N6O5. The molecule has 13 heteroatoms. The number of aromatic nitrogens is 1.